The maximum absolute atomic E-state index is 14.4. The number of hydrogen-bond acceptors (Lipinski definition) is 4. The Labute approximate surface area is 231 Å². The molecule has 0 spiro atoms. The van der Waals surface area contributed by atoms with Crippen molar-refractivity contribution in [2.75, 3.05) is 29.2 Å². The number of ether oxygens (including phenoxy) is 1. The number of benzene rings is 2. The summed E-state index contributed by atoms with van der Waals surface area (Å²) in [5, 5.41) is 5.58. The number of nitrogens with one attached hydrogen (secondary N) is 2. The zero-order valence-corrected chi connectivity index (χ0v) is 23.6. The van der Waals surface area contributed by atoms with Gasteiger partial charge in [0, 0.05) is 28.9 Å². The normalized spacial score (nSPS) is 13.8. The number of aromatic nitrogens is 1. The van der Waals surface area contributed by atoms with Crippen LogP contribution in [0.15, 0.2) is 59.2 Å². The smallest absolute Gasteiger partial charge is 0.355 e. The summed E-state index contributed by atoms with van der Waals surface area (Å²) < 4.78 is 21.7. The van der Waals surface area contributed by atoms with Crippen LogP contribution in [-0.4, -0.2) is 36.3 Å². The lowest BCUT2D eigenvalue weighted by molar-refractivity contribution is 0.0591. The Bertz CT molecular complexity index is 1290. The predicted octanol–water partition coefficient (Wildman–Crippen LogP) is 7.60. The van der Waals surface area contributed by atoms with Crippen molar-refractivity contribution in [1.29, 1.82) is 0 Å². The fourth-order valence-electron chi connectivity index (χ4n) is 5.00. The second kappa shape index (κ2) is 12.5. The van der Waals surface area contributed by atoms with Gasteiger partial charge in [-0.05, 0) is 67.3 Å². The van der Waals surface area contributed by atoms with Gasteiger partial charge in [0.05, 0.1) is 24.2 Å². The standard InChI is InChI=1S/C29H34BrFN4O3/c1-19(2)18-35(21-8-5-4-6-9-21)26-14-12-22(34-15-7-10-27(34)28(36)38-3)17-25(26)33-29(37)32-24-13-11-20(30)16-23(24)31/h7,10-17,19,21H,4-6,8-9,18H2,1-3H3,(H2,32,33,37). The highest BCUT2D eigenvalue weighted by Crippen LogP contribution is 2.35. The molecule has 0 radical (unpaired) electrons. The number of methoxy groups -OCH3 is 1. The summed E-state index contributed by atoms with van der Waals surface area (Å²) >= 11 is 3.24. The summed E-state index contributed by atoms with van der Waals surface area (Å²) in [5.41, 5.74) is 2.62. The molecule has 0 atom stereocenters. The molecule has 1 fully saturated rings. The van der Waals surface area contributed by atoms with E-state index in [1.165, 1.54) is 38.5 Å². The van der Waals surface area contributed by atoms with Crippen LogP contribution in [0.1, 0.15) is 56.4 Å². The number of halogens is 2. The minimum Gasteiger partial charge on any atom is -0.464 e. The molecule has 2 N–H and O–H groups in total. The van der Waals surface area contributed by atoms with E-state index in [2.05, 4.69) is 45.3 Å². The summed E-state index contributed by atoms with van der Waals surface area (Å²) in [7, 11) is 1.34. The number of rotatable bonds is 8. The molecule has 0 saturated heterocycles. The zero-order valence-electron chi connectivity index (χ0n) is 22.0. The van der Waals surface area contributed by atoms with Crippen molar-refractivity contribution in [3.05, 3.63) is 70.7 Å². The topological polar surface area (TPSA) is 75.6 Å². The lowest BCUT2D eigenvalue weighted by atomic mass is 9.93. The van der Waals surface area contributed by atoms with Crippen molar-refractivity contribution in [1.82, 2.24) is 4.57 Å². The highest BCUT2D eigenvalue weighted by atomic mass is 79.9. The number of urea groups is 1. The lowest BCUT2D eigenvalue weighted by Crippen LogP contribution is -2.40. The molecule has 1 aliphatic carbocycles. The fraction of sp³-hybridized carbons (Fsp3) is 0.379. The summed E-state index contributed by atoms with van der Waals surface area (Å²) in [5.74, 6) is -0.589. The maximum atomic E-state index is 14.4. The van der Waals surface area contributed by atoms with E-state index in [4.69, 9.17) is 4.74 Å². The van der Waals surface area contributed by atoms with Gasteiger partial charge < -0.3 is 24.8 Å². The van der Waals surface area contributed by atoms with Gasteiger partial charge in [-0.2, -0.15) is 0 Å². The summed E-state index contributed by atoms with van der Waals surface area (Å²) in [4.78, 5) is 27.8. The van der Waals surface area contributed by atoms with Gasteiger partial charge in [-0.15, -0.1) is 0 Å². The maximum Gasteiger partial charge on any atom is 0.355 e. The monoisotopic (exact) mass is 584 g/mol. The molecule has 0 unspecified atom stereocenters. The van der Waals surface area contributed by atoms with Crippen molar-refractivity contribution >= 4 is 45.0 Å². The quantitative estimate of drug-likeness (QED) is 0.267. The van der Waals surface area contributed by atoms with Gasteiger partial charge in [0.25, 0.3) is 0 Å². The first-order valence-corrected chi connectivity index (χ1v) is 13.8. The first kappa shape index (κ1) is 27.7. The van der Waals surface area contributed by atoms with Crippen molar-refractivity contribution in [2.24, 2.45) is 5.92 Å². The number of nitrogens with zero attached hydrogens (tertiary/aromatic N) is 2. The number of carbonyl (C=O) groups is 2. The second-order valence-corrected chi connectivity index (χ2v) is 10.9. The average Bonchev–Trinajstić information content (AvgIpc) is 3.39. The molecular formula is C29H34BrFN4O3. The molecule has 1 aliphatic rings. The summed E-state index contributed by atoms with van der Waals surface area (Å²) in [6.07, 6.45) is 7.55. The molecule has 1 heterocycles. The second-order valence-electron chi connectivity index (χ2n) is 10.00. The Morgan fingerprint density at radius 3 is 2.50 bits per heavy atom. The Hall–Kier alpha value is -3.33. The van der Waals surface area contributed by atoms with E-state index in [-0.39, 0.29) is 5.69 Å². The van der Waals surface area contributed by atoms with E-state index in [9.17, 15) is 14.0 Å². The highest BCUT2D eigenvalue weighted by Gasteiger charge is 2.25. The van der Waals surface area contributed by atoms with E-state index in [0.29, 0.717) is 33.5 Å². The summed E-state index contributed by atoms with van der Waals surface area (Å²) in [6.45, 7) is 5.20. The molecule has 1 aromatic heterocycles. The SMILES string of the molecule is COC(=O)c1cccn1-c1ccc(N(CC(C)C)C2CCCCC2)c(NC(=O)Nc2ccc(Br)cc2F)c1. The molecule has 0 bridgehead atoms. The van der Waals surface area contributed by atoms with Gasteiger partial charge in [-0.3, -0.25) is 0 Å². The van der Waals surface area contributed by atoms with Crippen LogP contribution in [0.5, 0.6) is 0 Å². The zero-order chi connectivity index (χ0) is 27.2. The van der Waals surface area contributed by atoms with Crippen LogP contribution in [0.4, 0.5) is 26.2 Å². The van der Waals surface area contributed by atoms with Crippen molar-refractivity contribution in [3.8, 4) is 5.69 Å². The van der Waals surface area contributed by atoms with Crippen molar-refractivity contribution in [3.63, 3.8) is 0 Å². The van der Waals surface area contributed by atoms with Crippen LogP contribution in [0.25, 0.3) is 5.69 Å². The molecule has 7 nitrogen and oxygen atoms in total. The Morgan fingerprint density at radius 2 is 1.82 bits per heavy atom. The van der Waals surface area contributed by atoms with Gasteiger partial charge in [0.2, 0.25) is 0 Å². The largest absolute Gasteiger partial charge is 0.464 e. The minimum atomic E-state index is -0.557. The van der Waals surface area contributed by atoms with Gasteiger partial charge in [-0.1, -0.05) is 49.0 Å². The Balaban J connectivity index is 1.73. The van der Waals surface area contributed by atoms with Crippen LogP contribution in [0, 0.1) is 11.7 Å². The number of esters is 1. The number of carbonyl (C=O) groups excluding carboxylic acids is 2. The average molecular weight is 586 g/mol. The molecule has 3 aromatic rings. The van der Waals surface area contributed by atoms with E-state index in [1.807, 2.05) is 18.2 Å². The van der Waals surface area contributed by atoms with Gasteiger partial charge in [0.15, 0.2) is 0 Å². The van der Waals surface area contributed by atoms with Gasteiger partial charge in [0.1, 0.15) is 11.5 Å². The van der Waals surface area contributed by atoms with Crippen LogP contribution in [-0.2, 0) is 4.74 Å². The van der Waals surface area contributed by atoms with Crippen LogP contribution < -0.4 is 15.5 Å². The van der Waals surface area contributed by atoms with Crippen molar-refractivity contribution < 1.29 is 18.7 Å². The van der Waals surface area contributed by atoms with E-state index in [1.54, 1.807) is 29.0 Å². The number of anilines is 3. The van der Waals surface area contributed by atoms with E-state index < -0.39 is 17.8 Å². The summed E-state index contributed by atoms with van der Waals surface area (Å²) in [6, 6.07) is 13.5. The molecule has 0 aliphatic heterocycles. The van der Waals surface area contributed by atoms with E-state index >= 15 is 0 Å². The van der Waals surface area contributed by atoms with Gasteiger partial charge >= 0.3 is 12.0 Å². The van der Waals surface area contributed by atoms with Crippen LogP contribution in [0.3, 0.4) is 0 Å². The molecular weight excluding hydrogens is 551 g/mol. The molecule has 202 valence electrons. The Kier molecular flexibility index (Phi) is 9.09. The third kappa shape index (κ3) is 6.56. The first-order chi connectivity index (χ1) is 18.3. The fourth-order valence-corrected chi connectivity index (χ4v) is 5.33. The minimum absolute atomic E-state index is 0.0770. The number of amides is 2. The molecule has 4 rings (SSSR count). The van der Waals surface area contributed by atoms with Crippen LogP contribution in [0.2, 0.25) is 0 Å². The molecule has 38 heavy (non-hydrogen) atoms. The highest BCUT2D eigenvalue weighted by molar-refractivity contribution is 9.10. The first-order valence-electron chi connectivity index (χ1n) is 13.0. The predicted molar refractivity (Wildman–Crippen MR) is 153 cm³/mol. The third-order valence-electron chi connectivity index (χ3n) is 6.72. The van der Waals surface area contributed by atoms with Gasteiger partial charge in [-0.25, -0.2) is 14.0 Å². The molecule has 1 saturated carbocycles. The third-order valence-corrected chi connectivity index (χ3v) is 7.21. The molecule has 9 heteroatoms. The van der Waals surface area contributed by atoms with E-state index in [0.717, 1.165) is 25.1 Å². The molecule has 2 aromatic carbocycles. The van der Waals surface area contributed by atoms with Crippen molar-refractivity contribution in [2.45, 2.75) is 52.0 Å². The molecule has 2 amide bonds. The Morgan fingerprint density at radius 1 is 1.08 bits per heavy atom. The van der Waals surface area contributed by atoms with Crippen LogP contribution >= 0.6 is 15.9 Å². The number of hydrogen-bond donors (Lipinski definition) is 2. The lowest BCUT2D eigenvalue weighted by Gasteiger charge is -2.38.